The fraction of sp³-hybridized carbons (Fsp3) is 0.217. The summed E-state index contributed by atoms with van der Waals surface area (Å²) in [5, 5.41) is 7.24. The molecular formula is C23H23N3O2S. The van der Waals surface area contributed by atoms with E-state index in [0.717, 1.165) is 38.0 Å². The van der Waals surface area contributed by atoms with Crippen molar-refractivity contribution in [1.29, 1.82) is 0 Å². The van der Waals surface area contributed by atoms with E-state index in [-0.39, 0.29) is 11.9 Å². The third-order valence-electron chi connectivity index (χ3n) is 4.76. The molecule has 0 radical (unpaired) electrons. The monoisotopic (exact) mass is 405 g/mol. The molecule has 2 N–H and O–H groups in total. The third-order valence-corrected chi connectivity index (χ3v) is 5.82. The number of fused-ring (bicyclic) bond motifs is 1. The van der Waals surface area contributed by atoms with Gasteiger partial charge < -0.3 is 15.1 Å². The zero-order chi connectivity index (χ0) is 20.2. The van der Waals surface area contributed by atoms with Gasteiger partial charge in [0.2, 0.25) is 5.91 Å². The minimum Gasteiger partial charge on any atom is -0.457 e. The fourth-order valence-corrected chi connectivity index (χ4v) is 3.97. The molecule has 6 heteroatoms. The number of hydrogen-bond acceptors (Lipinski definition) is 5. The van der Waals surface area contributed by atoms with Crippen molar-refractivity contribution in [3.8, 4) is 10.8 Å². The second-order valence-electron chi connectivity index (χ2n) is 6.88. The summed E-state index contributed by atoms with van der Waals surface area (Å²) in [6, 6.07) is 20.1. The number of hydrogen-bond donors (Lipinski definition) is 2. The molecule has 0 bridgehead atoms. The van der Waals surface area contributed by atoms with Crippen LogP contribution in [0.25, 0.3) is 21.0 Å². The van der Waals surface area contributed by atoms with Crippen molar-refractivity contribution < 1.29 is 9.21 Å². The molecule has 0 spiro atoms. The molecule has 29 heavy (non-hydrogen) atoms. The molecular weight excluding hydrogens is 382 g/mol. The Morgan fingerprint density at radius 1 is 1.10 bits per heavy atom. The number of aromatic nitrogens is 1. The Hall–Kier alpha value is -2.96. The van der Waals surface area contributed by atoms with Crippen molar-refractivity contribution in [2.45, 2.75) is 32.9 Å². The lowest BCUT2D eigenvalue weighted by molar-refractivity contribution is -0.115. The summed E-state index contributed by atoms with van der Waals surface area (Å²) in [4.78, 5) is 16.1. The van der Waals surface area contributed by atoms with Crippen LogP contribution in [0.15, 0.2) is 65.1 Å². The average Bonchev–Trinajstić information content (AvgIpc) is 3.39. The highest BCUT2D eigenvalue weighted by atomic mass is 32.1. The number of nitrogens with one attached hydrogen (secondary N) is 2. The van der Waals surface area contributed by atoms with Gasteiger partial charge in [0.25, 0.3) is 0 Å². The van der Waals surface area contributed by atoms with E-state index in [1.165, 1.54) is 0 Å². The maximum atomic E-state index is 11.5. The van der Waals surface area contributed by atoms with Gasteiger partial charge in [-0.2, -0.15) is 0 Å². The van der Waals surface area contributed by atoms with Crippen LogP contribution in [0.1, 0.15) is 37.6 Å². The van der Waals surface area contributed by atoms with Gasteiger partial charge in [-0.25, -0.2) is 4.98 Å². The van der Waals surface area contributed by atoms with Gasteiger partial charge in [-0.05, 0) is 48.9 Å². The van der Waals surface area contributed by atoms with Gasteiger partial charge in [-0.3, -0.25) is 4.79 Å². The zero-order valence-electron chi connectivity index (χ0n) is 16.4. The predicted octanol–water partition coefficient (Wildman–Crippen LogP) is 5.76. The van der Waals surface area contributed by atoms with Crippen molar-refractivity contribution in [3.05, 3.63) is 72.0 Å². The highest BCUT2D eigenvalue weighted by Gasteiger charge is 2.12. The van der Waals surface area contributed by atoms with Crippen LogP contribution >= 0.6 is 11.3 Å². The van der Waals surface area contributed by atoms with Crippen molar-refractivity contribution in [2.24, 2.45) is 0 Å². The number of anilines is 1. The molecule has 4 aromatic rings. The summed E-state index contributed by atoms with van der Waals surface area (Å²) in [5.41, 5.74) is 2.97. The van der Waals surface area contributed by atoms with Gasteiger partial charge in [0.15, 0.2) is 10.8 Å². The molecule has 0 aliphatic carbocycles. The third kappa shape index (κ3) is 4.55. The lowest BCUT2D eigenvalue weighted by Gasteiger charge is -2.14. The van der Waals surface area contributed by atoms with Crippen LogP contribution in [0.2, 0.25) is 0 Å². The lowest BCUT2D eigenvalue weighted by Crippen LogP contribution is -2.17. The van der Waals surface area contributed by atoms with Crippen molar-refractivity contribution in [1.82, 2.24) is 10.3 Å². The lowest BCUT2D eigenvalue weighted by atomic mass is 10.1. The molecule has 1 amide bonds. The Morgan fingerprint density at radius 2 is 1.90 bits per heavy atom. The Balaban J connectivity index is 1.37. The minimum atomic E-state index is 0.0191. The van der Waals surface area contributed by atoms with E-state index in [0.29, 0.717) is 13.0 Å². The van der Waals surface area contributed by atoms with Gasteiger partial charge in [-0.15, -0.1) is 11.3 Å². The largest absolute Gasteiger partial charge is 0.457 e. The first-order valence-electron chi connectivity index (χ1n) is 9.70. The number of carbonyl (C=O) groups excluding carboxylic acids is 1. The number of nitrogens with zero attached hydrogens (tertiary/aromatic N) is 1. The first kappa shape index (κ1) is 19.4. The molecule has 0 saturated carbocycles. The van der Waals surface area contributed by atoms with Gasteiger partial charge >= 0.3 is 0 Å². The molecule has 2 aromatic heterocycles. The molecule has 0 fully saturated rings. The second-order valence-corrected chi connectivity index (χ2v) is 7.91. The SMILES string of the molecule is CCC(=O)Nc1ccc([C@H](C)NCc2ccc(-c3nc4ccccc4s3)o2)cc1. The van der Waals surface area contributed by atoms with E-state index in [4.69, 9.17) is 4.42 Å². The molecule has 0 aliphatic heterocycles. The van der Waals surface area contributed by atoms with Crippen LogP contribution < -0.4 is 10.6 Å². The van der Waals surface area contributed by atoms with Crippen molar-refractivity contribution in [3.63, 3.8) is 0 Å². The zero-order valence-corrected chi connectivity index (χ0v) is 17.3. The topological polar surface area (TPSA) is 67.2 Å². The maximum absolute atomic E-state index is 11.5. The number of thiazole rings is 1. The molecule has 0 unspecified atom stereocenters. The van der Waals surface area contributed by atoms with E-state index >= 15 is 0 Å². The maximum Gasteiger partial charge on any atom is 0.224 e. The Morgan fingerprint density at radius 3 is 2.66 bits per heavy atom. The number of para-hydroxylation sites is 1. The normalized spacial score (nSPS) is 12.2. The molecule has 0 aliphatic rings. The molecule has 5 nitrogen and oxygen atoms in total. The fourth-order valence-electron chi connectivity index (χ4n) is 3.04. The minimum absolute atomic E-state index is 0.0191. The number of amides is 1. The summed E-state index contributed by atoms with van der Waals surface area (Å²) in [6.45, 7) is 4.57. The highest BCUT2D eigenvalue weighted by molar-refractivity contribution is 7.21. The molecule has 1 atom stereocenters. The van der Waals surface area contributed by atoms with Gasteiger partial charge in [0, 0.05) is 18.2 Å². The van der Waals surface area contributed by atoms with E-state index in [1.807, 2.05) is 61.5 Å². The van der Waals surface area contributed by atoms with Crippen LogP contribution in [-0.4, -0.2) is 10.9 Å². The number of carbonyl (C=O) groups is 1. The molecule has 0 saturated heterocycles. The highest BCUT2D eigenvalue weighted by Crippen LogP contribution is 2.31. The standard InChI is InChI=1S/C23H23N3O2S/c1-3-22(27)25-17-10-8-16(9-11-17)15(2)24-14-18-12-13-20(28-18)23-26-19-6-4-5-7-21(19)29-23/h4-13,15,24H,3,14H2,1-2H3,(H,25,27)/t15-/m0/s1. The smallest absolute Gasteiger partial charge is 0.224 e. The average molecular weight is 406 g/mol. The summed E-state index contributed by atoms with van der Waals surface area (Å²) in [7, 11) is 0. The van der Waals surface area contributed by atoms with E-state index < -0.39 is 0 Å². The van der Waals surface area contributed by atoms with E-state index in [1.54, 1.807) is 11.3 Å². The van der Waals surface area contributed by atoms with Crippen molar-refractivity contribution >= 4 is 33.1 Å². The number of furan rings is 1. The molecule has 2 aromatic carbocycles. The first-order chi connectivity index (χ1) is 14.1. The predicted molar refractivity (Wildman–Crippen MR) is 118 cm³/mol. The molecule has 2 heterocycles. The van der Waals surface area contributed by atoms with E-state index in [2.05, 4.69) is 28.6 Å². The van der Waals surface area contributed by atoms with Crippen LogP contribution in [0.4, 0.5) is 5.69 Å². The number of benzene rings is 2. The van der Waals surface area contributed by atoms with Crippen molar-refractivity contribution in [2.75, 3.05) is 5.32 Å². The van der Waals surface area contributed by atoms with Gasteiger partial charge in [0.1, 0.15) is 5.76 Å². The molecule has 148 valence electrons. The quantitative estimate of drug-likeness (QED) is 0.410. The van der Waals surface area contributed by atoms with Gasteiger partial charge in [0.05, 0.1) is 16.8 Å². The Kier molecular flexibility index (Phi) is 5.74. The molecule has 4 rings (SSSR count). The van der Waals surface area contributed by atoms with Crippen LogP contribution in [0.5, 0.6) is 0 Å². The Bertz CT molecular complexity index is 1080. The Labute approximate surface area is 173 Å². The summed E-state index contributed by atoms with van der Waals surface area (Å²) >= 11 is 1.64. The van der Waals surface area contributed by atoms with Gasteiger partial charge in [-0.1, -0.05) is 31.2 Å². The second kappa shape index (κ2) is 8.59. The van der Waals surface area contributed by atoms with E-state index in [9.17, 15) is 4.79 Å². The summed E-state index contributed by atoms with van der Waals surface area (Å²) < 4.78 is 7.16. The van der Waals surface area contributed by atoms with Crippen LogP contribution in [0, 0.1) is 0 Å². The summed E-state index contributed by atoms with van der Waals surface area (Å²) in [5.74, 6) is 1.69. The first-order valence-corrected chi connectivity index (χ1v) is 10.5. The van der Waals surface area contributed by atoms with Crippen LogP contribution in [-0.2, 0) is 11.3 Å². The number of rotatable bonds is 7. The van der Waals surface area contributed by atoms with Crippen LogP contribution in [0.3, 0.4) is 0 Å². The summed E-state index contributed by atoms with van der Waals surface area (Å²) in [6.07, 6.45) is 0.474.